The molecule has 4 aliphatic rings. The molecule has 0 aliphatic heterocycles. The van der Waals surface area contributed by atoms with Crippen LogP contribution in [0.3, 0.4) is 0 Å². The van der Waals surface area contributed by atoms with E-state index < -0.39 is 5.41 Å². The molecule has 7 aromatic rings. The van der Waals surface area contributed by atoms with E-state index in [9.17, 15) is 0 Å². The molecule has 0 bridgehead atoms. The minimum absolute atomic E-state index is 0.0406. The largest absolute Gasteiger partial charge is 0.309 e. The van der Waals surface area contributed by atoms with Crippen molar-refractivity contribution in [1.29, 1.82) is 0 Å². The minimum atomic E-state index is -0.552. The molecule has 7 aromatic carbocycles. The topological polar surface area (TPSA) is 3.24 Å². The van der Waals surface area contributed by atoms with Crippen molar-refractivity contribution in [2.45, 2.75) is 160 Å². The van der Waals surface area contributed by atoms with Crippen LogP contribution in [-0.4, -0.2) is 0 Å². The van der Waals surface area contributed by atoms with E-state index in [0.29, 0.717) is 0 Å². The molecule has 1 nitrogen and oxygen atoms in total. The predicted molar refractivity (Wildman–Crippen MR) is 290 cm³/mol. The monoisotopic (exact) mass is 892 g/mol. The van der Waals surface area contributed by atoms with Crippen LogP contribution in [0.1, 0.15) is 177 Å². The Hall–Kier alpha value is -5.66. The van der Waals surface area contributed by atoms with Gasteiger partial charge in [0.2, 0.25) is 0 Å². The molecule has 11 rings (SSSR count). The maximum absolute atomic E-state index is 2.80. The first-order chi connectivity index (χ1) is 32.2. The number of hydrogen-bond acceptors (Lipinski definition) is 1. The second-order valence-electron chi connectivity index (χ2n) is 25.2. The summed E-state index contributed by atoms with van der Waals surface area (Å²) in [4.78, 5) is 2.80. The van der Waals surface area contributed by atoms with E-state index in [1.807, 2.05) is 0 Å². The first-order valence-electron chi connectivity index (χ1n) is 25.8. The highest BCUT2D eigenvalue weighted by molar-refractivity contribution is 5.98. The van der Waals surface area contributed by atoms with Gasteiger partial charge in [-0.3, -0.25) is 0 Å². The molecule has 0 saturated carbocycles. The lowest BCUT2D eigenvalue weighted by Gasteiger charge is -2.47. The van der Waals surface area contributed by atoms with Crippen molar-refractivity contribution in [2.24, 2.45) is 0 Å². The second kappa shape index (κ2) is 15.2. The summed E-state index contributed by atoms with van der Waals surface area (Å²) in [6.07, 6.45) is 6.97. The van der Waals surface area contributed by atoms with Crippen molar-refractivity contribution in [1.82, 2.24) is 0 Å². The smallest absolute Gasteiger partial charge is 0.0714 e. The van der Waals surface area contributed by atoms with E-state index in [1.165, 1.54) is 121 Å². The Morgan fingerprint density at radius 3 is 1.26 bits per heavy atom. The maximum atomic E-state index is 2.80. The third-order valence-electron chi connectivity index (χ3n) is 18.1. The van der Waals surface area contributed by atoms with E-state index in [4.69, 9.17) is 0 Å². The molecule has 0 spiro atoms. The number of rotatable bonds is 6. The zero-order valence-electron chi connectivity index (χ0n) is 43.1. The lowest BCUT2D eigenvalue weighted by atomic mass is 9.61. The molecule has 0 saturated heterocycles. The number of hydrogen-bond donors (Lipinski definition) is 0. The Morgan fingerprint density at radius 2 is 0.735 bits per heavy atom. The number of benzene rings is 7. The molecule has 0 atom stereocenters. The van der Waals surface area contributed by atoms with Crippen LogP contribution in [0.2, 0.25) is 0 Å². The van der Waals surface area contributed by atoms with Gasteiger partial charge < -0.3 is 4.90 Å². The molecule has 0 aromatic heterocycles. The van der Waals surface area contributed by atoms with Gasteiger partial charge in [0.25, 0.3) is 0 Å². The molecule has 0 fully saturated rings. The Balaban J connectivity index is 1.34. The summed E-state index contributed by atoms with van der Waals surface area (Å²) in [6, 6.07) is 59.6. The van der Waals surface area contributed by atoms with Crippen LogP contribution in [0.4, 0.5) is 17.1 Å². The van der Waals surface area contributed by atoms with E-state index in [2.05, 4.69) is 240 Å². The predicted octanol–water partition coefficient (Wildman–Crippen LogP) is 18.2. The van der Waals surface area contributed by atoms with Gasteiger partial charge >= 0.3 is 0 Å². The average Bonchev–Trinajstić information content (AvgIpc) is 3.61. The highest BCUT2D eigenvalue weighted by Crippen LogP contribution is 2.62. The second-order valence-corrected chi connectivity index (χ2v) is 25.2. The van der Waals surface area contributed by atoms with Gasteiger partial charge in [0.05, 0.1) is 22.5 Å². The van der Waals surface area contributed by atoms with Crippen molar-refractivity contribution in [2.75, 3.05) is 4.90 Å². The van der Waals surface area contributed by atoms with Gasteiger partial charge in [0.15, 0.2) is 0 Å². The molecule has 4 aliphatic carbocycles. The summed E-state index contributed by atoms with van der Waals surface area (Å²) in [6.45, 7) is 29.8. The van der Waals surface area contributed by atoms with Gasteiger partial charge in [-0.1, -0.05) is 210 Å². The van der Waals surface area contributed by atoms with Crippen LogP contribution >= 0.6 is 0 Å². The average molecular weight is 892 g/mol. The Kier molecular flexibility index (Phi) is 10.00. The van der Waals surface area contributed by atoms with E-state index in [1.54, 1.807) is 0 Å². The molecule has 0 N–H and O–H groups in total. The fraction of sp³-hybridized carbons (Fsp3) is 0.373. The fourth-order valence-corrected chi connectivity index (χ4v) is 13.8. The standard InChI is InChI=1S/C67H73N/c1-61(2)35-36-64(7,8)55-41-44(33-34-51(55)61)48-42-49-47-27-19-20-28-50(47)67(45-23-15-13-16-24-45,46-25-17-14-18-26-46)54(49)43-58(48)68(56-31-21-29-52-59(56)65(9,10)39-37-62(52,3)4)57-32-22-30-53-60(57)66(11,12)40-38-63(53,5)6/h13-34,41-43H,35-40H2,1-12H3. The Bertz CT molecular complexity index is 3000. The van der Waals surface area contributed by atoms with Crippen LogP contribution in [0.15, 0.2) is 152 Å². The molecular formula is C67H73N. The van der Waals surface area contributed by atoms with Gasteiger partial charge in [-0.05, 0) is 168 Å². The van der Waals surface area contributed by atoms with Crippen molar-refractivity contribution in [3.05, 3.63) is 207 Å². The summed E-state index contributed by atoms with van der Waals surface area (Å²) >= 11 is 0. The summed E-state index contributed by atoms with van der Waals surface area (Å²) in [7, 11) is 0. The normalized spacial score (nSPS) is 20.2. The number of anilines is 3. The molecule has 1 heteroatoms. The van der Waals surface area contributed by atoms with Crippen LogP contribution in [0.5, 0.6) is 0 Å². The molecule has 0 amide bonds. The van der Waals surface area contributed by atoms with Crippen LogP contribution in [-0.2, 0) is 37.9 Å². The third kappa shape index (κ3) is 6.61. The zero-order valence-corrected chi connectivity index (χ0v) is 43.1. The summed E-state index contributed by atoms with van der Waals surface area (Å²) < 4.78 is 0. The highest BCUT2D eigenvalue weighted by Gasteiger charge is 2.49. The quantitative estimate of drug-likeness (QED) is 0.161. The van der Waals surface area contributed by atoms with Crippen molar-refractivity contribution in [3.8, 4) is 22.3 Å². The third-order valence-corrected chi connectivity index (χ3v) is 18.1. The Labute approximate surface area is 409 Å². The van der Waals surface area contributed by atoms with Crippen LogP contribution in [0, 0.1) is 0 Å². The molecule has 346 valence electrons. The van der Waals surface area contributed by atoms with Crippen LogP contribution in [0.25, 0.3) is 22.3 Å². The SMILES string of the molecule is CC1(C)CCC(C)(C)c2cc(-c3cc4c(cc3N(c3cccc5c3C(C)(C)CCC5(C)C)c3cccc5c3C(C)(C)CCC5(C)C)C(c3ccccc3)(c3ccccc3)c3ccccc3-4)ccc21. The lowest BCUT2D eigenvalue weighted by Crippen LogP contribution is -2.37. The number of fused-ring (bicyclic) bond motifs is 6. The zero-order chi connectivity index (χ0) is 47.8. The lowest BCUT2D eigenvalue weighted by molar-refractivity contribution is 0.331. The summed E-state index contributed by atoms with van der Waals surface area (Å²) in [5.74, 6) is 0. The van der Waals surface area contributed by atoms with E-state index in [-0.39, 0.29) is 32.5 Å². The summed E-state index contributed by atoms with van der Waals surface area (Å²) in [5, 5.41) is 0. The van der Waals surface area contributed by atoms with Crippen molar-refractivity contribution < 1.29 is 0 Å². The first kappa shape index (κ1) is 44.8. The van der Waals surface area contributed by atoms with Gasteiger partial charge in [-0.15, -0.1) is 0 Å². The summed E-state index contributed by atoms with van der Waals surface area (Å²) in [5.41, 5.74) is 22.9. The molecule has 0 radical (unpaired) electrons. The highest BCUT2D eigenvalue weighted by atomic mass is 15.2. The van der Waals surface area contributed by atoms with Gasteiger partial charge in [-0.2, -0.15) is 0 Å². The van der Waals surface area contributed by atoms with Crippen molar-refractivity contribution >= 4 is 17.1 Å². The van der Waals surface area contributed by atoms with Gasteiger partial charge in [0, 0.05) is 5.56 Å². The number of nitrogens with zero attached hydrogens (tertiary/aromatic N) is 1. The molecule has 68 heavy (non-hydrogen) atoms. The molecule has 0 heterocycles. The molecule has 0 unspecified atom stereocenters. The Morgan fingerprint density at radius 1 is 0.294 bits per heavy atom. The molecular weight excluding hydrogens is 819 g/mol. The van der Waals surface area contributed by atoms with E-state index >= 15 is 0 Å². The van der Waals surface area contributed by atoms with Gasteiger partial charge in [0.1, 0.15) is 0 Å². The van der Waals surface area contributed by atoms with E-state index in [0.717, 1.165) is 12.8 Å². The first-order valence-corrected chi connectivity index (χ1v) is 25.8. The van der Waals surface area contributed by atoms with Gasteiger partial charge in [-0.25, -0.2) is 0 Å². The van der Waals surface area contributed by atoms with Crippen LogP contribution < -0.4 is 4.90 Å². The maximum Gasteiger partial charge on any atom is 0.0714 e. The van der Waals surface area contributed by atoms with Crippen molar-refractivity contribution in [3.63, 3.8) is 0 Å². The minimum Gasteiger partial charge on any atom is -0.309 e. The fourth-order valence-electron chi connectivity index (χ4n) is 13.8.